The lowest BCUT2D eigenvalue weighted by atomic mass is 10.1. The Morgan fingerprint density at radius 3 is 2.95 bits per heavy atom. The number of fused-ring (bicyclic) bond motifs is 1. The monoisotopic (exact) mass is 310 g/mol. The van der Waals surface area contributed by atoms with Crippen LogP contribution in [-0.2, 0) is 0 Å². The lowest BCUT2D eigenvalue weighted by Gasteiger charge is -2.08. The first-order chi connectivity index (χ1) is 10.7. The van der Waals surface area contributed by atoms with Gasteiger partial charge in [-0.2, -0.15) is 0 Å². The Labute approximate surface area is 133 Å². The second-order valence-electron chi connectivity index (χ2n) is 5.90. The van der Waals surface area contributed by atoms with Crippen LogP contribution in [0.2, 0.25) is 0 Å². The minimum Gasteiger partial charge on any atom is -0.360 e. The van der Waals surface area contributed by atoms with E-state index in [1.165, 1.54) is 18.2 Å². The first kappa shape index (κ1) is 13.6. The smallest absolute Gasteiger partial charge is 0.192 e. The molecule has 0 bridgehead atoms. The van der Waals surface area contributed by atoms with Gasteiger partial charge in [-0.15, -0.1) is 10.2 Å². The first-order valence-corrected chi connectivity index (χ1v) is 8.51. The summed E-state index contributed by atoms with van der Waals surface area (Å²) in [6.07, 6.45) is 4.48. The summed E-state index contributed by atoms with van der Waals surface area (Å²) >= 11 is 1.73. The van der Waals surface area contributed by atoms with Crippen LogP contribution in [-0.4, -0.2) is 25.5 Å². The molecule has 3 aromatic rings. The average Bonchev–Trinajstić information content (AvgIpc) is 3.12. The fraction of sp³-hybridized carbons (Fsp3) is 0.294. The molecule has 1 saturated carbocycles. The van der Waals surface area contributed by atoms with E-state index in [0.29, 0.717) is 6.04 Å². The normalized spacial score (nSPS) is 14.6. The molecule has 2 aromatic heterocycles. The Morgan fingerprint density at radius 2 is 2.18 bits per heavy atom. The van der Waals surface area contributed by atoms with Gasteiger partial charge in [-0.05, 0) is 25.8 Å². The van der Waals surface area contributed by atoms with Gasteiger partial charge in [0.25, 0.3) is 0 Å². The van der Waals surface area contributed by atoms with Gasteiger partial charge in [0.05, 0.1) is 0 Å². The van der Waals surface area contributed by atoms with Crippen molar-refractivity contribution in [2.45, 2.75) is 31.0 Å². The van der Waals surface area contributed by atoms with Crippen molar-refractivity contribution in [2.24, 2.45) is 0 Å². The summed E-state index contributed by atoms with van der Waals surface area (Å²) in [5.74, 6) is 1.86. The summed E-state index contributed by atoms with van der Waals surface area (Å²) in [6, 6.07) is 8.88. The van der Waals surface area contributed by atoms with Crippen molar-refractivity contribution in [1.29, 1.82) is 0 Å². The molecule has 1 fully saturated rings. The van der Waals surface area contributed by atoms with Crippen molar-refractivity contribution in [3.05, 3.63) is 42.6 Å². The van der Waals surface area contributed by atoms with E-state index in [4.69, 9.17) is 0 Å². The zero-order valence-corrected chi connectivity index (χ0v) is 13.4. The molecule has 4 nitrogen and oxygen atoms in total. The molecule has 0 atom stereocenters. The summed E-state index contributed by atoms with van der Waals surface area (Å²) in [6.45, 7) is 6.02. The SMILES string of the molecule is C=C(C)CSc1nnc(-c2c[nH]c3ccccc23)n1C1CC1. The molecule has 1 N–H and O–H groups in total. The number of H-pyrrole nitrogens is 1. The lowest BCUT2D eigenvalue weighted by Crippen LogP contribution is -1.99. The number of para-hydroxylation sites is 1. The van der Waals surface area contributed by atoms with Crippen molar-refractivity contribution >= 4 is 22.7 Å². The van der Waals surface area contributed by atoms with Crippen LogP contribution in [0.5, 0.6) is 0 Å². The molecular formula is C17H18N4S. The van der Waals surface area contributed by atoms with Crippen LogP contribution in [0, 0.1) is 0 Å². The maximum absolute atomic E-state index is 4.49. The summed E-state index contributed by atoms with van der Waals surface area (Å²) in [4.78, 5) is 3.33. The van der Waals surface area contributed by atoms with Crippen LogP contribution in [0.3, 0.4) is 0 Å². The minimum absolute atomic E-state index is 0.547. The standard InChI is InChI=1S/C17H18N4S/c1-11(2)10-22-17-20-19-16(21(17)12-7-8-12)14-9-18-15-6-4-3-5-13(14)15/h3-6,9,12,18H,1,7-8,10H2,2H3. The molecule has 1 aliphatic rings. The highest BCUT2D eigenvalue weighted by atomic mass is 32.2. The third kappa shape index (κ3) is 2.35. The molecule has 112 valence electrons. The Morgan fingerprint density at radius 1 is 1.36 bits per heavy atom. The van der Waals surface area contributed by atoms with E-state index in [-0.39, 0.29) is 0 Å². The second-order valence-corrected chi connectivity index (χ2v) is 6.84. The summed E-state index contributed by atoms with van der Waals surface area (Å²) in [5.41, 5.74) is 3.43. The van der Waals surface area contributed by atoms with Gasteiger partial charge in [0.2, 0.25) is 0 Å². The van der Waals surface area contributed by atoms with Crippen LogP contribution in [0.1, 0.15) is 25.8 Å². The van der Waals surface area contributed by atoms with E-state index < -0.39 is 0 Å². The number of hydrogen-bond donors (Lipinski definition) is 1. The van der Waals surface area contributed by atoms with E-state index in [2.05, 4.69) is 44.5 Å². The van der Waals surface area contributed by atoms with Crippen molar-refractivity contribution in [3.8, 4) is 11.4 Å². The van der Waals surface area contributed by atoms with Crippen molar-refractivity contribution < 1.29 is 0 Å². The largest absolute Gasteiger partial charge is 0.360 e. The zero-order valence-electron chi connectivity index (χ0n) is 12.5. The fourth-order valence-electron chi connectivity index (χ4n) is 2.67. The van der Waals surface area contributed by atoms with Gasteiger partial charge < -0.3 is 4.98 Å². The molecule has 0 unspecified atom stereocenters. The van der Waals surface area contributed by atoms with E-state index in [1.807, 2.05) is 19.2 Å². The molecule has 1 aromatic carbocycles. The van der Waals surface area contributed by atoms with Crippen LogP contribution >= 0.6 is 11.8 Å². The van der Waals surface area contributed by atoms with Gasteiger partial charge in [-0.1, -0.05) is 42.1 Å². The van der Waals surface area contributed by atoms with Gasteiger partial charge in [-0.3, -0.25) is 4.57 Å². The van der Waals surface area contributed by atoms with Gasteiger partial charge in [0, 0.05) is 34.5 Å². The lowest BCUT2D eigenvalue weighted by molar-refractivity contribution is 0.670. The maximum Gasteiger partial charge on any atom is 0.192 e. The molecule has 2 heterocycles. The van der Waals surface area contributed by atoms with E-state index in [9.17, 15) is 0 Å². The number of aromatic nitrogens is 4. The molecule has 5 heteroatoms. The third-order valence-corrected chi connectivity index (χ3v) is 5.03. The Hall–Kier alpha value is -2.01. The summed E-state index contributed by atoms with van der Waals surface area (Å²) < 4.78 is 2.31. The fourth-order valence-corrected chi connectivity index (χ4v) is 3.51. The first-order valence-electron chi connectivity index (χ1n) is 7.52. The highest BCUT2D eigenvalue weighted by Gasteiger charge is 2.30. The topological polar surface area (TPSA) is 46.5 Å². The van der Waals surface area contributed by atoms with Gasteiger partial charge in [-0.25, -0.2) is 0 Å². The Balaban J connectivity index is 1.80. The third-order valence-electron chi connectivity index (χ3n) is 3.85. The molecule has 1 aliphatic carbocycles. The van der Waals surface area contributed by atoms with E-state index in [1.54, 1.807) is 11.8 Å². The van der Waals surface area contributed by atoms with Crippen molar-refractivity contribution in [2.75, 3.05) is 5.75 Å². The summed E-state index contributed by atoms with van der Waals surface area (Å²) in [7, 11) is 0. The van der Waals surface area contributed by atoms with Gasteiger partial charge in [0.15, 0.2) is 11.0 Å². The van der Waals surface area contributed by atoms with Crippen LogP contribution in [0.15, 0.2) is 47.8 Å². The quantitative estimate of drug-likeness (QED) is 0.560. The predicted molar refractivity (Wildman–Crippen MR) is 91.1 cm³/mol. The average molecular weight is 310 g/mol. The number of nitrogens with one attached hydrogen (secondary N) is 1. The predicted octanol–water partition coefficient (Wildman–Crippen LogP) is 4.43. The van der Waals surface area contributed by atoms with Crippen LogP contribution in [0.4, 0.5) is 0 Å². The number of rotatable bonds is 5. The van der Waals surface area contributed by atoms with Crippen LogP contribution < -0.4 is 0 Å². The van der Waals surface area contributed by atoms with Gasteiger partial charge >= 0.3 is 0 Å². The van der Waals surface area contributed by atoms with E-state index >= 15 is 0 Å². The molecule has 0 amide bonds. The number of hydrogen-bond acceptors (Lipinski definition) is 3. The van der Waals surface area contributed by atoms with Crippen LogP contribution in [0.25, 0.3) is 22.3 Å². The van der Waals surface area contributed by atoms with Crippen molar-refractivity contribution in [3.63, 3.8) is 0 Å². The highest BCUT2D eigenvalue weighted by Crippen LogP contribution is 2.42. The number of thioether (sulfide) groups is 1. The molecule has 0 aliphatic heterocycles. The Bertz CT molecular complexity index is 841. The van der Waals surface area contributed by atoms with E-state index in [0.717, 1.165) is 33.4 Å². The molecule has 0 spiro atoms. The van der Waals surface area contributed by atoms with Crippen molar-refractivity contribution in [1.82, 2.24) is 19.7 Å². The minimum atomic E-state index is 0.547. The highest BCUT2D eigenvalue weighted by molar-refractivity contribution is 7.99. The number of aromatic amines is 1. The molecule has 4 rings (SSSR count). The second kappa shape index (κ2) is 5.32. The maximum atomic E-state index is 4.49. The number of benzene rings is 1. The van der Waals surface area contributed by atoms with Gasteiger partial charge in [0.1, 0.15) is 0 Å². The molecule has 22 heavy (non-hydrogen) atoms. The number of nitrogens with zero attached hydrogens (tertiary/aromatic N) is 3. The molecule has 0 saturated heterocycles. The Kier molecular flexibility index (Phi) is 3.30. The molecular weight excluding hydrogens is 292 g/mol. The summed E-state index contributed by atoms with van der Waals surface area (Å²) in [5, 5.41) is 11.1. The zero-order chi connectivity index (χ0) is 15.1. The molecule has 0 radical (unpaired) electrons.